The fourth-order valence-corrected chi connectivity index (χ4v) is 2.03. The summed E-state index contributed by atoms with van der Waals surface area (Å²) >= 11 is 0. The number of pyridine rings is 1. The molecule has 1 aromatic rings. The topological polar surface area (TPSA) is 88.6 Å². The van der Waals surface area contributed by atoms with Crippen LogP contribution < -0.4 is 5.32 Å². The Labute approximate surface area is 112 Å². The van der Waals surface area contributed by atoms with E-state index >= 15 is 0 Å². The molecule has 0 unspecified atom stereocenters. The molecule has 0 aliphatic rings. The molecule has 8 heteroatoms. The van der Waals surface area contributed by atoms with E-state index in [9.17, 15) is 13.2 Å². The zero-order valence-electron chi connectivity index (χ0n) is 11.1. The number of carbonyl (C=O) groups is 1. The molecule has 106 valence electrons. The molecular weight excluding hydrogens is 270 g/mol. The van der Waals surface area contributed by atoms with Gasteiger partial charge in [0.1, 0.15) is 0 Å². The Bertz CT molecular complexity index is 543. The Kier molecular flexibility index (Phi) is 5.25. The van der Waals surface area contributed by atoms with Gasteiger partial charge in [-0.25, -0.2) is 22.5 Å². The number of nitrogens with zero attached hydrogens (tertiary/aromatic N) is 2. The average molecular weight is 287 g/mol. The van der Waals surface area contributed by atoms with Crippen molar-refractivity contribution in [2.45, 2.75) is 0 Å². The third kappa shape index (κ3) is 4.18. The van der Waals surface area contributed by atoms with E-state index < -0.39 is 16.0 Å². The second-order valence-electron chi connectivity index (χ2n) is 3.92. The van der Waals surface area contributed by atoms with Gasteiger partial charge >= 0.3 is 5.97 Å². The number of esters is 1. The quantitative estimate of drug-likeness (QED) is 0.750. The first-order valence-electron chi connectivity index (χ1n) is 5.56. The van der Waals surface area contributed by atoms with Crippen molar-refractivity contribution in [2.24, 2.45) is 0 Å². The zero-order valence-corrected chi connectivity index (χ0v) is 11.9. The van der Waals surface area contributed by atoms with E-state index in [1.54, 1.807) is 12.1 Å². The highest BCUT2D eigenvalue weighted by atomic mass is 32.2. The number of rotatable bonds is 6. The first kappa shape index (κ1) is 15.4. The van der Waals surface area contributed by atoms with Crippen molar-refractivity contribution in [2.75, 3.05) is 38.8 Å². The Morgan fingerprint density at radius 3 is 2.74 bits per heavy atom. The summed E-state index contributed by atoms with van der Waals surface area (Å²) in [5.41, 5.74) is 0.579. The number of sulfonamides is 1. The fraction of sp³-hybridized carbons (Fsp3) is 0.455. The molecule has 0 saturated heterocycles. The van der Waals surface area contributed by atoms with Crippen LogP contribution in [-0.2, 0) is 14.8 Å². The molecule has 0 spiro atoms. The largest absolute Gasteiger partial charge is 0.464 e. The van der Waals surface area contributed by atoms with E-state index in [-0.39, 0.29) is 18.0 Å². The average Bonchev–Trinajstić information content (AvgIpc) is 2.38. The number of ether oxygens (including phenoxy) is 1. The molecule has 0 amide bonds. The van der Waals surface area contributed by atoms with Gasteiger partial charge in [0.05, 0.1) is 18.6 Å². The van der Waals surface area contributed by atoms with Gasteiger partial charge in [-0.3, -0.25) is 0 Å². The molecule has 0 bridgehead atoms. The molecule has 1 rings (SSSR count). The van der Waals surface area contributed by atoms with E-state index in [1.807, 2.05) is 0 Å². The van der Waals surface area contributed by atoms with Gasteiger partial charge in [-0.2, -0.15) is 0 Å². The molecule has 0 fully saturated rings. The number of methoxy groups -OCH3 is 1. The van der Waals surface area contributed by atoms with Gasteiger partial charge in [0.15, 0.2) is 5.69 Å². The van der Waals surface area contributed by atoms with Crippen LogP contribution in [0.3, 0.4) is 0 Å². The monoisotopic (exact) mass is 287 g/mol. The third-order valence-electron chi connectivity index (χ3n) is 2.42. The third-order valence-corrected chi connectivity index (χ3v) is 4.25. The van der Waals surface area contributed by atoms with E-state index in [4.69, 9.17) is 0 Å². The molecule has 0 aliphatic heterocycles. The highest BCUT2D eigenvalue weighted by Gasteiger charge is 2.15. The van der Waals surface area contributed by atoms with Crippen molar-refractivity contribution in [3.05, 3.63) is 24.0 Å². The van der Waals surface area contributed by atoms with Gasteiger partial charge < -0.3 is 10.1 Å². The highest BCUT2D eigenvalue weighted by molar-refractivity contribution is 7.89. The Hall–Kier alpha value is -1.67. The maximum atomic E-state index is 11.6. The number of carbonyl (C=O) groups excluding carboxylic acids is 1. The molecule has 19 heavy (non-hydrogen) atoms. The maximum absolute atomic E-state index is 11.6. The van der Waals surface area contributed by atoms with Gasteiger partial charge in [-0.1, -0.05) is 0 Å². The lowest BCUT2D eigenvalue weighted by atomic mass is 10.3. The van der Waals surface area contributed by atoms with Gasteiger partial charge in [0.2, 0.25) is 10.0 Å². The smallest absolute Gasteiger partial charge is 0.358 e. The summed E-state index contributed by atoms with van der Waals surface area (Å²) < 4.78 is 28.9. The summed E-state index contributed by atoms with van der Waals surface area (Å²) in [5, 5.41) is 2.87. The molecule has 0 aromatic carbocycles. The Balaban J connectivity index is 2.72. The lowest BCUT2D eigenvalue weighted by molar-refractivity contribution is 0.0595. The number of aromatic nitrogens is 1. The van der Waals surface area contributed by atoms with Crippen molar-refractivity contribution in [3.8, 4) is 0 Å². The van der Waals surface area contributed by atoms with Crippen LogP contribution in [0.15, 0.2) is 18.3 Å². The molecule has 0 radical (unpaired) electrons. The van der Waals surface area contributed by atoms with Crippen LogP contribution >= 0.6 is 0 Å². The van der Waals surface area contributed by atoms with Crippen molar-refractivity contribution < 1.29 is 17.9 Å². The van der Waals surface area contributed by atoms with Gasteiger partial charge in [-0.05, 0) is 12.1 Å². The van der Waals surface area contributed by atoms with E-state index in [0.29, 0.717) is 5.69 Å². The minimum atomic E-state index is -3.27. The predicted octanol–water partition coefficient (Wildman–Crippen LogP) is 0.171. The molecule has 7 nitrogen and oxygen atoms in total. The van der Waals surface area contributed by atoms with Crippen LogP contribution in [0.2, 0.25) is 0 Å². The fourth-order valence-electron chi connectivity index (χ4n) is 1.30. The second-order valence-corrected chi connectivity index (χ2v) is 6.22. The van der Waals surface area contributed by atoms with E-state index in [0.717, 1.165) is 4.31 Å². The molecule has 0 atom stereocenters. The van der Waals surface area contributed by atoms with Crippen LogP contribution in [-0.4, -0.2) is 57.2 Å². The molecule has 1 N–H and O–H groups in total. The lowest BCUT2D eigenvalue weighted by Crippen LogP contribution is -2.28. The summed E-state index contributed by atoms with van der Waals surface area (Å²) in [5.74, 6) is -0.645. The van der Waals surface area contributed by atoms with Gasteiger partial charge in [-0.15, -0.1) is 0 Å². The van der Waals surface area contributed by atoms with Gasteiger partial charge in [0.25, 0.3) is 0 Å². The van der Waals surface area contributed by atoms with Crippen LogP contribution in [0.5, 0.6) is 0 Å². The minimum Gasteiger partial charge on any atom is -0.464 e. The van der Waals surface area contributed by atoms with Crippen molar-refractivity contribution >= 4 is 21.7 Å². The second kappa shape index (κ2) is 6.48. The molecule has 1 aromatic heterocycles. The van der Waals surface area contributed by atoms with Crippen LogP contribution in [0.1, 0.15) is 10.5 Å². The normalized spacial score (nSPS) is 11.4. The van der Waals surface area contributed by atoms with Crippen LogP contribution in [0.25, 0.3) is 0 Å². The Morgan fingerprint density at radius 2 is 2.16 bits per heavy atom. The molecule has 1 heterocycles. The number of hydrogen-bond acceptors (Lipinski definition) is 6. The van der Waals surface area contributed by atoms with Crippen molar-refractivity contribution in [3.63, 3.8) is 0 Å². The SMILES string of the molecule is COC(=O)c1ncccc1NCCS(=O)(=O)N(C)C. The summed E-state index contributed by atoms with van der Waals surface area (Å²) in [6.07, 6.45) is 1.47. The van der Waals surface area contributed by atoms with Crippen LogP contribution in [0.4, 0.5) is 5.69 Å². The predicted molar refractivity (Wildman–Crippen MR) is 71.5 cm³/mol. The summed E-state index contributed by atoms with van der Waals surface area (Å²) in [4.78, 5) is 15.4. The lowest BCUT2D eigenvalue weighted by Gasteiger charge is -2.13. The number of nitrogens with one attached hydrogen (secondary N) is 1. The number of hydrogen-bond donors (Lipinski definition) is 1. The Morgan fingerprint density at radius 1 is 1.47 bits per heavy atom. The van der Waals surface area contributed by atoms with Gasteiger partial charge in [0, 0.05) is 26.8 Å². The van der Waals surface area contributed by atoms with Crippen molar-refractivity contribution in [1.82, 2.24) is 9.29 Å². The summed E-state index contributed by atoms with van der Waals surface area (Å²) in [6, 6.07) is 3.29. The van der Waals surface area contributed by atoms with E-state index in [2.05, 4.69) is 15.0 Å². The maximum Gasteiger partial charge on any atom is 0.358 e. The highest BCUT2D eigenvalue weighted by Crippen LogP contribution is 2.12. The zero-order chi connectivity index (χ0) is 14.5. The standard InChI is InChI=1S/C11H17N3O4S/c1-14(2)19(16,17)8-7-12-9-5-4-6-13-10(9)11(15)18-3/h4-6,12H,7-8H2,1-3H3. The summed E-state index contributed by atoms with van der Waals surface area (Å²) in [6.45, 7) is 0.177. The minimum absolute atomic E-state index is 0.0739. The first-order valence-corrected chi connectivity index (χ1v) is 7.17. The first-order chi connectivity index (χ1) is 8.88. The molecule has 0 aliphatic carbocycles. The molecular formula is C11H17N3O4S. The van der Waals surface area contributed by atoms with Crippen molar-refractivity contribution in [1.29, 1.82) is 0 Å². The molecule has 0 saturated carbocycles. The van der Waals surface area contributed by atoms with E-state index in [1.165, 1.54) is 27.4 Å². The van der Waals surface area contributed by atoms with Crippen LogP contribution in [0, 0.1) is 0 Å². The number of anilines is 1. The summed E-state index contributed by atoms with van der Waals surface area (Å²) in [7, 11) is 0.931.